The lowest BCUT2D eigenvalue weighted by Gasteiger charge is -2.07. The summed E-state index contributed by atoms with van der Waals surface area (Å²) in [6, 6.07) is 12.4. The van der Waals surface area contributed by atoms with E-state index in [1.54, 1.807) is 44.3 Å². The molecule has 136 valence electrons. The van der Waals surface area contributed by atoms with Crippen LogP contribution in [0.25, 0.3) is 22.0 Å². The van der Waals surface area contributed by atoms with Gasteiger partial charge in [-0.2, -0.15) is 0 Å². The Morgan fingerprint density at radius 1 is 1.15 bits per heavy atom. The van der Waals surface area contributed by atoms with Gasteiger partial charge in [0.25, 0.3) is 5.56 Å². The van der Waals surface area contributed by atoms with Gasteiger partial charge in [-0.25, -0.2) is 4.79 Å². The Kier molecular flexibility index (Phi) is 3.92. The van der Waals surface area contributed by atoms with Crippen molar-refractivity contribution < 1.29 is 9.21 Å². The van der Waals surface area contributed by atoms with Crippen LogP contribution in [0.2, 0.25) is 0 Å². The Morgan fingerprint density at radius 3 is 2.78 bits per heavy atom. The van der Waals surface area contributed by atoms with Crippen molar-refractivity contribution in [3.8, 4) is 0 Å². The normalized spacial score (nSPS) is 11.2. The SMILES string of the molecule is Cc1cc2cc(CC(=O)Nc3ccc4c(c3)oc(=O)n4C)ccc2[nH]c1=O. The summed E-state index contributed by atoms with van der Waals surface area (Å²) in [6.07, 6.45) is 0.185. The molecule has 0 bridgehead atoms. The van der Waals surface area contributed by atoms with E-state index in [-0.39, 0.29) is 17.9 Å². The van der Waals surface area contributed by atoms with Gasteiger partial charge in [0.2, 0.25) is 5.91 Å². The molecule has 0 saturated heterocycles. The molecule has 2 N–H and O–H groups in total. The first-order valence-electron chi connectivity index (χ1n) is 8.43. The van der Waals surface area contributed by atoms with Crippen molar-refractivity contribution in [2.24, 2.45) is 7.05 Å². The summed E-state index contributed by atoms with van der Waals surface area (Å²) < 4.78 is 6.54. The van der Waals surface area contributed by atoms with Crippen LogP contribution < -0.4 is 16.6 Å². The predicted molar refractivity (Wildman–Crippen MR) is 103 cm³/mol. The highest BCUT2D eigenvalue weighted by molar-refractivity contribution is 5.94. The lowest BCUT2D eigenvalue weighted by atomic mass is 10.1. The number of hydrogen-bond acceptors (Lipinski definition) is 4. The van der Waals surface area contributed by atoms with E-state index in [1.165, 1.54) is 4.57 Å². The van der Waals surface area contributed by atoms with Gasteiger partial charge in [0, 0.05) is 29.9 Å². The molecule has 2 heterocycles. The molecule has 7 nitrogen and oxygen atoms in total. The third-order valence-corrected chi connectivity index (χ3v) is 4.54. The molecule has 7 heteroatoms. The van der Waals surface area contributed by atoms with Crippen LogP contribution in [0.15, 0.2) is 56.5 Å². The summed E-state index contributed by atoms with van der Waals surface area (Å²) in [7, 11) is 1.63. The molecule has 0 aliphatic heterocycles. The second-order valence-corrected chi connectivity index (χ2v) is 6.54. The first kappa shape index (κ1) is 16.8. The predicted octanol–water partition coefficient (Wildman–Crippen LogP) is 2.46. The number of rotatable bonds is 3. The quantitative estimate of drug-likeness (QED) is 0.584. The lowest BCUT2D eigenvalue weighted by molar-refractivity contribution is -0.115. The minimum Gasteiger partial charge on any atom is -0.408 e. The molecule has 1 amide bonds. The van der Waals surface area contributed by atoms with Gasteiger partial charge >= 0.3 is 5.76 Å². The Bertz CT molecular complexity index is 1310. The molecule has 0 fully saturated rings. The first-order valence-corrected chi connectivity index (χ1v) is 8.43. The van der Waals surface area contributed by atoms with Gasteiger partial charge in [-0.1, -0.05) is 6.07 Å². The van der Waals surface area contributed by atoms with E-state index in [2.05, 4.69) is 10.3 Å². The molecule has 0 spiro atoms. The minimum atomic E-state index is -0.446. The number of nitrogens with one attached hydrogen (secondary N) is 2. The Morgan fingerprint density at radius 2 is 1.96 bits per heavy atom. The van der Waals surface area contributed by atoms with Gasteiger partial charge in [-0.05, 0) is 48.2 Å². The summed E-state index contributed by atoms with van der Waals surface area (Å²) in [4.78, 5) is 38.4. The van der Waals surface area contributed by atoms with Gasteiger partial charge < -0.3 is 14.7 Å². The van der Waals surface area contributed by atoms with Crippen LogP contribution in [0.5, 0.6) is 0 Å². The third kappa shape index (κ3) is 3.15. The molecule has 0 atom stereocenters. The molecular formula is C20H17N3O4. The summed E-state index contributed by atoms with van der Waals surface area (Å²) in [5.41, 5.74) is 3.72. The average molecular weight is 363 g/mol. The van der Waals surface area contributed by atoms with Crippen LogP contribution >= 0.6 is 0 Å². The Labute approximate surface area is 153 Å². The van der Waals surface area contributed by atoms with Crippen molar-refractivity contribution in [3.05, 3.63) is 74.5 Å². The number of carbonyl (C=O) groups excluding carboxylic acids is 1. The van der Waals surface area contributed by atoms with Crippen LogP contribution in [0.1, 0.15) is 11.1 Å². The van der Waals surface area contributed by atoms with Crippen molar-refractivity contribution in [2.75, 3.05) is 5.32 Å². The van der Waals surface area contributed by atoms with E-state index in [0.29, 0.717) is 22.4 Å². The molecule has 4 aromatic rings. The van der Waals surface area contributed by atoms with E-state index in [0.717, 1.165) is 16.5 Å². The fourth-order valence-corrected chi connectivity index (χ4v) is 3.08. The molecular weight excluding hydrogens is 346 g/mol. The number of aromatic amines is 1. The van der Waals surface area contributed by atoms with E-state index in [4.69, 9.17) is 4.42 Å². The smallest absolute Gasteiger partial charge is 0.408 e. The highest BCUT2D eigenvalue weighted by atomic mass is 16.4. The second kappa shape index (κ2) is 6.28. The Balaban J connectivity index is 1.55. The third-order valence-electron chi connectivity index (χ3n) is 4.54. The first-order chi connectivity index (χ1) is 12.9. The second-order valence-electron chi connectivity index (χ2n) is 6.54. The fraction of sp³-hybridized carbons (Fsp3) is 0.150. The van der Waals surface area contributed by atoms with Crippen molar-refractivity contribution in [1.29, 1.82) is 0 Å². The number of aryl methyl sites for hydroxylation is 2. The van der Waals surface area contributed by atoms with Gasteiger partial charge in [-0.3, -0.25) is 14.2 Å². The average Bonchev–Trinajstić information content (AvgIpc) is 2.90. The number of oxazole rings is 1. The maximum Gasteiger partial charge on any atom is 0.419 e. The largest absolute Gasteiger partial charge is 0.419 e. The molecule has 0 unspecified atom stereocenters. The monoisotopic (exact) mass is 363 g/mol. The van der Waals surface area contributed by atoms with Gasteiger partial charge in [0.1, 0.15) is 0 Å². The standard InChI is InChI=1S/C20H17N3O4/c1-11-7-13-8-12(3-5-15(13)22-19(11)25)9-18(24)21-14-4-6-16-17(10-14)27-20(26)23(16)2/h3-8,10H,9H2,1-2H3,(H,21,24)(H,22,25). The number of hydrogen-bond donors (Lipinski definition) is 2. The highest BCUT2D eigenvalue weighted by Gasteiger charge is 2.10. The van der Waals surface area contributed by atoms with E-state index in [1.807, 2.05) is 12.1 Å². The number of aromatic nitrogens is 2. The number of H-pyrrole nitrogens is 1. The number of nitrogens with zero attached hydrogens (tertiary/aromatic N) is 1. The summed E-state index contributed by atoms with van der Waals surface area (Å²) in [6.45, 7) is 1.75. The van der Waals surface area contributed by atoms with Crippen molar-refractivity contribution in [3.63, 3.8) is 0 Å². The van der Waals surface area contributed by atoms with E-state index < -0.39 is 5.76 Å². The number of pyridine rings is 1. The Hall–Kier alpha value is -3.61. The maximum absolute atomic E-state index is 12.4. The molecule has 0 radical (unpaired) electrons. The zero-order valence-corrected chi connectivity index (χ0v) is 14.8. The summed E-state index contributed by atoms with van der Waals surface area (Å²) in [5, 5.41) is 3.69. The van der Waals surface area contributed by atoms with Crippen LogP contribution in [0, 0.1) is 6.92 Å². The van der Waals surface area contributed by atoms with Crippen LogP contribution in [0.4, 0.5) is 5.69 Å². The summed E-state index contributed by atoms with van der Waals surface area (Å²) >= 11 is 0. The van der Waals surface area contributed by atoms with Crippen molar-refractivity contribution in [2.45, 2.75) is 13.3 Å². The van der Waals surface area contributed by atoms with Crippen LogP contribution in [-0.2, 0) is 18.3 Å². The lowest BCUT2D eigenvalue weighted by Crippen LogP contribution is -2.14. The van der Waals surface area contributed by atoms with E-state index >= 15 is 0 Å². The molecule has 2 aromatic carbocycles. The summed E-state index contributed by atoms with van der Waals surface area (Å²) in [5.74, 6) is -0.633. The molecule has 0 saturated carbocycles. The van der Waals surface area contributed by atoms with Gasteiger partial charge in [0.15, 0.2) is 5.58 Å². The number of benzene rings is 2. The number of carbonyl (C=O) groups is 1. The minimum absolute atomic E-state index is 0.115. The fourth-order valence-electron chi connectivity index (χ4n) is 3.08. The topological polar surface area (TPSA) is 97.1 Å². The molecule has 0 aliphatic carbocycles. The van der Waals surface area contributed by atoms with Crippen molar-refractivity contribution >= 4 is 33.6 Å². The maximum atomic E-state index is 12.4. The number of fused-ring (bicyclic) bond motifs is 2. The van der Waals surface area contributed by atoms with Gasteiger partial charge in [-0.15, -0.1) is 0 Å². The zero-order valence-electron chi connectivity index (χ0n) is 14.8. The van der Waals surface area contributed by atoms with Gasteiger partial charge in [0.05, 0.1) is 11.9 Å². The number of anilines is 1. The van der Waals surface area contributed by atoms with E-state index in [9.17, 15) is 14.4 Å². The molecule has 27 heavy (non-hydrogen) atoms. The van der Waals surface area contributed by atoms with Crippen molar-refractivity contribution in [1.82, 2.24) is 9.55 Å². The molecule has 4 rings (SSSR count). The number of amides is 1. The molecule has 2 aromatic heterocycles. The van der Waals surface area contributed by atoms with Crippen LogP contribution in [-0.4, -0.2) is 15.5 Å². The highest BCUT2D eigenvalue weighted by Crippen LogP contribution is 2.19. The van der Waals surface area contributed by atoms with Crippen LogP contribution in [0.3, 0.4) is 0 Å². The zero-order chi connectivity index (χ0) is 19.1. The molecule has 0 aliphatic rings.